The lowest BCUT2D eigenvalue weighted by Crippen LogP contribution is -2.42. The first-order chi connectivity index (χ1) is 15.4. The van der Waals surface area contributed by atoms with E-state index in [1.165, 1.54) is 11.3 Å². The Hall–Kier alpha value is -3.23. The number of anilines is 1. The average Bonchev–Trinajstić information content (AvgIpc) is 3.44. The highest BCUT2D eigenvalue weighted by Gasteiger charge is 2.55. The first-order valence-corrected chi connectivity index (χ1v) is 11.4. The second kappa shape index (κ2) is 8.03. The van der Waals surface area contributed by atoms with Crippen LogP contribution < -0.4 is 10.6 Å². The number of aromatic nitrogens is 1. The number of aryl methyl sites for hydroxylation is 1. The SMILES string of the molecule is O=C(CN1C(=O)NC2(CCc3ccccc32)C1=O)Nc1ncc(Cc2ccc(Cl)cc2)s1. The first kappa shape index (κ1) is 20.7. The molecule has 1 atom stereocenters. The van der Waals surface area contributed by atoms with Crippen LogP contribution in [0, 0.1) is 0 Å². The van der Waals surface area contributed by atoms with E-state index in [-0.39, 0.29) is 12.5 Å². The second-order valence-electron chi connectivity index (χ2n) is 7.87. The average molecular weight is 467 g/mol. The van der Waals surface area contributed by atoms with E-state index in [2.05, 4.69) is 15.6 Å². The second-order valence-corrected chi connectivity index (χ2v) is 9.42. The number of carbonyl (C=O) groups is 3. The number of carbonyl (C=O) groups excluding carboxylic acids is 3. The minimum Gasteiger partial charge on any atom is -0.319 e. The molecule has 2 aliphatic rings. The lowest BCUT2D eigenvalue weighted by molar-refractivity contribution is -0.134. The van der Waals surface area contributed by atoms with Crippen LogP contribution >= 0.6 is 22.9 Å². The van der Waals surface area contributed by atoms with E-state index in [1.807, 2.05) is 48.5 Å². The van der Waals surface area contributed by atoms with Crippen molar-refractivity contribution in [2.75, 3.05) is 11.9 Å². The lowest BCUT2D eigenvalue weighted by atomic mass is 9.92. The number of thiazole rings is 1. The number of benzene rings is 2. The van der Waals surface area contributed by atoms with Gasteiger partial charge < -0.3 is 10.6 Å². The summed E-state index contributed by atoms with van der Waals surface area (Å²) in [6, 6.07) is 14.6. The molecular weight excluding hydrogens is 448 g/mol. The third-order valence-corrected chi connectivity index (χ3v) is 6.98. The molecule has 2 heterocycles. The van der Waals surface area contributed by atoms with Crippen molar-refractivity contribution in [3.63, 3.8) is 0 Å². The van der Waals surface area contributed by atoms with Gasteiger partial charge in [-0.1, -0.05) is 48.0 Å². The molecule has 5 rings (SSSR count). The zero-order valence-corrected chi connectivity index (χ0v) is 18.5. The van der Waals surface area contributed by atoms with Gasteiger partial charge in [0.1, 0.15) is 12.1 Å². The fourth-order valence-electron chi connectivity index (χ4n) is 4.29. The fraction of sp³-hybridized carbons (Fsp3) is 0.217. The number of hydrogen-bond acceptors (Lipinski definition) is 5. The molecule has 1 saturated heterocycles. The Balaban J connectivity index is 1.24. The van der Waals surface area contributed by atoms with Crippen molar-refractivity contribution in [2.45, 2.75) is 24.8 Å². The van der Waals surface area contributed by atoms with Crippen molar-refractivity contribution in [1.29, 1.82) is 0 Å². The van der Waals surface area contributed by atoms with Gasteiger partial charge >= 0.3 is 6.03 Å². The molecule has 32 heavy (non-hydrogen) atoms. The summed E-state index contributed by atoms with van der Waals surface area (Å²) < 4.78 is 0. The number of amides is 4. The number of nitrogens with zero attached hydrogens (tertiary/aromatic N) is 2. The standard InChI is InChI=1S/C23H19ClN4O3S/c24-16-7-5-14(6-8-16)11-17-12-25-21(32-17)26-19(29)13-28-20(30)23(27-22(28)31)10-9-15-3-1-2-4-18(15)23/h1-8,12H,9-11,13H2,(H,27,31)(H,25,26,29). The maximum Gasteiger partial charge on any atom is 0.325 e. The molecule has 1 aliphatic heterocycles. The summed E-state index contributed by atoms with van der Waals surface area (Å²) in [5, 5.41) is 6.62. The fourth-order valence-corrected chi connectivity index (χ4v) is 5.27. The summed E-state index contributed by atoms with van der Waals surface area (Å²) in [5.74, 6) is -0.852. The summed E-state index contributed by atoms with van der Waals surface area (Å²) >= 11 is 7.27. The molecule has 1 unspecified atom stereocenters. The molecule has 0 saturated carbocycles. The molecule has 2 aromatic carbocycles. The Morgan fingerprint density at radius 3 is 2.78 bits per heavy atom. The number of hydrogen-bond donors (Lipinski definition) is 2. The van der Waals surface area contributed by atoms with Gasteiger partial charge in [-0.05, 0) is 41.7 Å². The maximum atomic E-state index is 13.2. The molecule has 7 nitrogen and oxygen atoms in total. The van der Waals surface area contributed by atoms with E-state index in [0.29, 0.717) is 29.4 Å². The molecule has 1 spiro atoms. The molecule has 162 valence electrons. The number of rotatable bonds is 5. The highest BCUT2D eigenvalue weighted by Crippen LogP contribution is 2.41. The van der Waals surface area contributed by atoms with Gasteiger partial charge in [0.25, 0.3) is 5.91 Å². The Morgan fingerprint density at radius 2 is 1.97 bits per heavy atom. The molecule has 4 amide bonds. The molecular formula is C23H19ClN4O3S. The van der Waals surface area contributed by atoms with E-state index in [1.54, 1.807) is 6.20 Å². The molecule has 1 aromatic heterocycles. The highest BCUT2D eigenvalue weighted by molar-refractivity contribution is 7.15. The van der Waals surface area contributed by atoms with Gasteiger partial charge in [0, 0.05) is 22.5 Å². The quantitative estimate of drug-likeness (QED) is 0.560. The number of fused-ring (bicyclic) bond motifs is 2. The van der Waals surface area contributed by atoms with Gasteiger partial charge in [0.05, 0.1) is 0 Å². The van der Waals surface area contributed by atoms with Crippen molar-refractivity contribution in [1.82, 2.24) is 15.2 Å². The van der Waals surface area contributed by atoms with Gasteiger partial charge in [0.2, 0.25) is 5.91 Å². The van der Waals surface area contributed by atoms with Crippen LogP contribution in [0.3, 0.4) is 0 Å². The minimum absolute atomic E-state index is 0.360. The first-order valence-electron chi connectivity index (χ1n) is 10.2. The van der Waals surface area contributed by atoms with Crippen molar-refractivity contribution in [3.05, 3.63) is 81.3 Å². The van der Waals surface area contributed by atoms with E-state index in [9.17, 15) is 14.4 Å². The van der Waals surface area contributed by atoms with E-state index < -0.39 is 17.5 Å². The molecule has 1 fully saturated rings. The monoisotopic (exact) mass is 466 g/mol. The van der Waals surface area contributed by atoms with Crippen molar-refractivity contribution < 1.29 is 14.4 Å². The smallest absolute Gasteiger partial charge is 0.319 e. The van der Waals surface area contributed by atoms with Gasteiger partial charge in [0.15, 0.2) is 5.13 Å². The zero-order valence-electron chi connectivity index (χ0n) is 16.9. The van der Waals surface area contributed by atoms with Crippen LogP contribution in [0.4, 0.5) is 9.93 Å². The van der Waals surface area contributed by atoms with Crippen LogP contribution in [-0.4, -0.2) is 34.3 Å². The molecule has 9 heteroatoms. The van der Waals surface area contributed by atoms with E-state index in [0.717, 1.165) is 26.5 Å². The topological polar surface area (TPSA) is 91.4 Å². The van der Waals surface area contributed by atoms with E-state index in [4.69, 9.17) is 11.6 Å². The molecule has 3 aromatic rings. The zero-order chi connectivity index (χ0) is 22.3. The number of nitrogens with one attached hydrogen (secondary N) is 2. The number of urea groups is 1. The van der Waals surface area contributed by atoms with Gasteiger partial charge in [-0.25, -0.2) is 9.78 Å². The lowest BCUT2D eigenvalue weighted by Gasteiger charge is -2.22. The molecule has 0 radical (unpaired) electrons. The third-order valence-electron chi connectivity index (χ3n) is 5.82. The van der Waals surface area contributed by atoms with Crippen LogP contribution in [0.15, 0.2) is 54.7 Å². The van der Waals surface area contributed by atoms with Crippen molar-refractivity contribution in [3.8, 4) is 0 Å². The summed E-state index contributed by atoms with van der Waals surface area (Å²) in [4.78, 5) is 44.5. The Labute approximate surface area is 193 Å². The summed E-state index contributed by atoms with van der Waals surface area (Å²) in [6.07, 6.45) is 3.57. The van der Waals surface area contributed by atoms with Crippen molar-refractivity contribution >= 4 is 45.9 Å². The predicted molar refractivity (Wildman–Crippen MR) is 122 cm³/mol. The van der Waals surface area contributed by atoms with Gasteiger partial charge in [-0.15, -0.1) is 11.3 Å². The summed E-state index contributed by atoms with van der Waals surface area (Å²) in [6.45, 7) is -0.360. The van der Waals surface area contributed by atoms with Crippen LogP contribution in [0.25, 0.3) is 0 Å². The summed E-state index contributed by atoms with van der Waals surface area (Å²) in [7, 11) is 0. The maximum absolute atomic E-state index is 13.2. The van der Waals surface area contributed by atoms with Gasteiger partial charge in [-0.3, -0.25) is 14.5 Å². The Bertz CT molecular complexity index is 1230. The Kier molecular flexibility index (Phi) is 5.19. The van der Waals surface area contributed by atoms with E-state index >= 15 is 0 Å². The number of halogens is 1. The Morgan fingerprint density at radius 1 is 1.19 bits per heavy atom. The van der Waals surface area contributed by atoms with Crippen LogP contribution in [-0.2, 0) is 28.0 Å². The van der Waals surface area contributed by atoms with Crippen LogP contribution in [0.2, 0.25) is 5.02 Å². The van der Waals surface area contributed by atoms with Crippen molar-refractivity contribution in [2.24, 2.45) is 0 Å². The number of imide groups is 1. The van der Waals surface area contributed by atoms with Crippen LogP contribution in [0.1, 0.15) is 28.0 Å². The predicted octanol–water partition coefficient (Wildman–Crippen LogP) is 3.72. The minimum atomic E-state index is -1.07. The summed E-state index contributed by atoms with van der Waals surface area (Å²) in [5.41, 5.74) is 1.87. The highest BCUT2D eigenvalue weighted by atomic mass is 35.5. The molecule has 1 aliphatic carbocycles. The third kappa shape index (κ3) is 3.65. The molecule has 2 N–H and O–H groups in total. The van der Waals surface area contributed by atoms with Gasteiger partial charge in [-0.2, -0.15) is 0 Å². The van der Waals surface area contributed by atoms with Crippen LogP contribution in [0.5, 0.6) is 0 Å². The molecule has 0 bridgehead atoms. The normalized spacial score (nSPS) is 19.3. The largest absolute Gasteiger partial charge is 0.325 e.